The monoisotopic (exact) mass is 770 g/mol. The molecule has 0 saturated carbocycles. The first kappa shape index (κ1) is 41.2. The van der Waals surface area contributed by atoms with Gasteiger partial charge in [0.1, 0.15) is 17.7 Å². The fourth-order valence-corrected chi connectivity index (χ4v) is 4.45. The first-order valence-corrected chi connectivity index (χ1v) is 17.2. The van der Waals surface area contributed by atoms with Gasteiger partial charge in [-0.3, -0.25) is 4.79 Å². The molecule has 10 nitrogen and oxygen atoms in total. The van der Waals surface area contributed by atoms with Gasteiger partial charge in [-0.1, -0.05) is 31.9 Å². The second kappa shape index (κ2) is 21.1. The van der Waals surface area contributed by atoms with Crippen molar-refractivity contribution in [3.63, 3.8) is 0 Å². The highest BCUT2D eigenvalue weighted by molar-refractivity contribution is 9.10. The van der Waals surface area contributed by atoms with Gasteiger partial charge in [0.05, 0.1) is 0 Å². The highest BCUT2D eigenvalue weighted by Gasteiger charge is 2.19. The number of rotatable bonds is 9. The summed E-state index contributed by atoms with van der Waals surface area (Å²) in [5, 5.41) is 5.25. The first-order chi connectivity index (χ1) is 21.5. The number of nitrogens with one attached hydrogen (secondary N) is 2. The van der Waals surface area contributed by atoms with Gasteiger partial charge in [0.25, 0.3) is 0 Å². The van der Waals surface area contributed by atoms with Crippen LogP contribution in [0.2, 0.25) is 0 Å². The molecule has 1 fully saturated rings. The molecule has 0 spiro atoms. The fourth-order valence-electron chi connectivity index (χ4n) is 3.92. The van der Waals surface area contributed by atoms with Crippen LogP contribution in [0.4, 0.5) is 21.0 Å². The van der Waals surface area contributed by atoms with Crippen LogP contribution in [0, 0.1) is 0 Å². The van der Waals surface area contributed by atoms with Gasteiger partial charge in [-0.2, -0.15) is 0 Å². The highest BCUT2D eigenvalue weighted by Crippen LogP contribution is 2.19. The van der Waals surface area contributed by atoms with Crippen LogP contribution in [-0.4, -0.2) is 75.2 Å². The third kappa shape index (κ3) is 19.0. The number of benzene rings is 2. The van der Waals surface area contributed by atoms with Crippen molar-refractivity contribution in [2.24, 2.45) is 0 Å². The molecule has 1 saturated heterocycles. The van der Waals surface area contributed by atoms with E-state index in [4.69, 9.17) is 14.2 Å². The predicted octanol–water partition coefficient (Wildman–Crippen LogP) is 7.92. The number of hydrogen-bond donors (Lipinski definition) is 2. The van der Waals surface area contributed by atoms with E-state index in [1.807, 2.05) is 64.1 Å². The summed E-state index contributed by atoms with van der Waals surface area (Å²) in [6, 6.07) is 15.6. The molecule has 0 aromatic heterocycles. The molecule has 12 heteroatoms. The van der Waals surface area contributed by atoms with Crippen molar-refractivity contribution < 1.29 is 28.6 Å². The number of anilines is 2. The molecule has 1 aliphatic heterocycles. The van der Waals surface area contributed by atoms with Gasteiger partial charge in [0.2, 0.25) is 5.91 Å². The molecule has 1 heterocycles. The maximum Gasteiger partial charge on any atom is 0.408 e. The molecule has 3 rings (SSSR count). The van der Waals surface area contributed by atoms with Crippen LogP contribution in [0.15, 0.2) is 57.5 Å². The Morgan fingerprint density at radius 2 is 1.20 bits per heavy atom. The summed E-state index contributed by atoms with van der Waals surface area (Å²) in [5.41, 5.74) is 0.891. The number of likely N-dealkylation sites (N-methyl/N-ethyl adjacent to an activating group) is 2. The van der Waals surface area contributed by atoms with Crippen LogP contribution in [-0.2, 0) is 19.0 Å². The Labute approximate surface area is 292 Å². The third-order valence-electron chi connectivity index (χ3n) is 5.99. The molecule has 2 aromatic rings. The van der Waals surface area contributed by atoms with E-state index in [1.165, 1.54) is 12.8 Å². The minimum atomic E-state index is -0.595. The second-order valence-corrected chi connectivity index (χ2v) is 14.1. The largest absolute Gasteiger partial charge is 0.444 e. The van der Waals surface area contributed by atoms with Gasteiger partial charge in [0.15, 0.2) is 0 Å². The van der Waals surface area contributed by atoms with Gasteiger partial charge >= 0.3 is 12.2 Å². The minimum Gasteiger partial charge on any atom is -0.444 e. The molecule has 258 valence electrons. The van der Waals surface area contributed by atoms with E-state index in [9.17, 15) is 14.4 Å². The van der Waals surface area contributed by atoms with Crippen LogP contribution in [0.1, 0.15) is 68.2 Å². The molecule has 46 heavy (non-hydrogen) atoms. The molecule has 2 aromatic carbocycles. The lowest BCUT2D eigenvalue weighted by atomic mass is 10.2. The van der Waals surface area contributed by atoms with Crippen molar-refractivity contribution in [3.05, 3.63) is 57.5 Å². The average Bonchev–Trinajstić information content (AvgIpc) is 3.55. The average molecular weight is 773 g/mol. The third-order valence-corrected chi connectivity index (χ3v) is 7.05. The van der Waals surface area contributed by atoms with Gasteiger partial charge in [-0.05, 0) is 117 Å². The molecule has 1 aliphatic rings. The molecular weight excluding hydrogens is 720 g/mol. The fraction of sp³-hybridized carbons (Fsp3) is 0.559. The molecule has 0 radical (unpaired) electrons. The summed E-state index contributed by atoms with van der Waals surface area (Å²) in [4.78, 5) is 39.1. The molecule has 0 aliphatic carbocycles. The second-order valence-electron chi connectivity index (χ2n) is 12.3. The smallest absolute Gasteiger partial charge is 0.408 e. The van der Waals surface area contributed by atoms with Crippen LogP contribution in [0.5, 0.6) is 0 Å². The van der Waals surface area contributed by atoms with Crippen LogP contribution in [0.25, 0.3) is 0 Å². The molecule has 3 amide bonds. The zero-order valence-electron chi connectivity index (χ0n) is 28.6. The number of ether oxygens (including phenoxy) is 3. The van der Waals surface area contributed by atoms with Crippen LogP contribution >= 0.6 is 31.9 Å². The first-order valence-electron chi connectivity index (χ1n) is 15.6. The van der Waals surface area contributed by atoms with Crippen LogP contribution < -0.4 is 20.4 Å². The topological polar surface area (TPSA) is 109 Å². The Morgan fingerprint density at radius 3 is 1.59 bits per heavy atom. The normalized spacial score (nSPS) is 12.4. The van der Waals surface area contributed by atoms with Crippen LogP contribution in [0.3, 0.4) is 0 Å². The summed E-state index contributed by atoms with van der Waals surface area (Å²) >= 11 is 6.78. The molecule has 0 unspecified atom stereocenters. The number of amides is 3. The van der Waals surface area contributed by atoms with Gasteiger partial charge in [-0.25, -0.2) is 9.59 Å². The van der Waals surface area contributed by atoms with E-state index >= 15 is 0 Å². The Bertz CT molecular complexity index is 1170. The summed E-state index contributed by atoms with van der Waals surface area (Å²) in [7, 11) is 0. The lowest BCUT2D eigenvalue weighted by Crippen LogP contribution is -2.42. The Morgan fingerprint density at radius 1 is 0.739 bits per heavy atom. The highest BCUT2D eigenvalue weighted by atomic mass is 79.9. The number of alkyl carbamates (subject to hydrolysis) is 2. The maximum absolute atomic E-state index is 12.2. The molecule has 0 bridgehead atoms. The van der Waals surface area contributed by atoms with E-state index in [2.05, 4.69) is 66.4 Å². The number of hydrogen-bond acceptors (Lipinski definition) is 7. The molecule has 0 atom stereocenters. The number of nitrogens with zero attached hydrogens (tertiary/aromatic N) is 2. The summed E-state index contributed by atoms with van der Waals surface area (Å²) < 4.78 is 17.2. The molecule has 2 N–H and O–H groups in total. The van der Waals surface area contributed by atoms with Crippen molar-refractivity contribution in [1.82, 2.24) is 10.6 Å². The van der Waals surface area contributed by atoms with Crippen molar-refractivity contribution in [1.29, 1.82) is 0 Å². The van der Waals surface area contributed by atoms with Crippen molar-refractivity contribution >= 4 is 61.3 Å². The van der Waals surface area contributed by atoms with Crippen molar-refractivity contribution in [2.45, 2.75) is 79.4 Å². The van der Waals surface area contributed by atoms with E-state index in [1.54, 1.807) is 25.7 Å². The predicted molar refractivity (Wildman–Crippen MR) is 193 cm³/mol. The SMILES string of the molecule is C1CCOC1.CCN(C(=O)CNC(=O)OC(C)(C)C)c1ccc(Br)cc1.CCN(CCNC(=O)OC(C)(C)C)c1ccc(Br)cc1. The number of carbonyl (C=O) groups is 3. The summed E-state index contributed by atoms with van der Waals surface area (Å²) in [6.07, 6.45) is 1.59. The zero-order valence-corrected chi connectivity index (χ0v) is 31.8. The van der Waals surface area contributed by atoms with Gasteiger partial charge in [0, 0.05) is 59.7 Å². The lowest BCUT2D eigenvalue weighted by Gasteiger charge is -2.24. The van der Waals surface area contributed by atoms with E-state index in [-0.39, 0.29) is 18.5 Å². The lowest BCUT2D eigenvalue weighted by molar-refractivity contribution is -0.117. The summed E-state index contributed by atoms with van der Waals surface area (Å²) in [5.74, 6) is -0.189. The van der Waals surface area contributed by atoms with E-state index < -0.39 is 17.3 Å². The Hall–Kier alpha value is -2.83. The van der Waals surface area contributed by atoms with E-state index in [0.29, 0.717) is 13.1 Å². The molecular formula is C34H52Br2N4O6. The Balaban J connectivity index is 0.000000398. The quantitative estimate of drug-likeness (QED) is 0.267. The Kier molecular flexibility index (Phi) is 18.9. The zero-order chi connectivity index (χ0) is 34.8. The standard InChI is InChI=1S/C15H21BrN2O3.C15H23BrN2O2.C4H8O/c1-5-18(12-8-6-11(16)7-9-12)13(19)10-17-14(20)21-15(2,3)4;1-5-18(13-8-6-12(16)7-9-13)11-10-17-14(19)20-15(2,3)4;1-2-4-5-3-1/h6-9H,5,10H2,1-4H3,(H,17,20);6-9H,5,10-11H2,1-4H3,(H,17,19);1-4H2. The van der Waals surface area contributed by atoms with Gasteiger partial charge < -0.3 is 34.6 Å². The maximum atomic E-state index is 12.2. The van der Waals surface area contributed by atoms with Crippen molar-refractivity contribution in [3.8, 4) is 0 Å². The number of halogens is 2. The number of carbonyl (C=O) groups excluding carboxylic acids is 3. The van der Waals surface area contributed by atoms with Gasteiger partial charge in [-0.15, -0.1) is 0 Å². The van der Waals surface area contributed by atoms with Crippen molar-refractivity contribution in [2.75, 3.05) is 55.7 Å². The van der Waals surface area contributed by atoms with E-state index in [0.717, 1.165) is 46.6 Å². The summed E-state index contributed by atoms with van der Waals surface area (Å²) in [6.45, 7) is 19.5. The minimum absolute atomic E-state index is 0.0984.